The standard InChI is InChI=1S/C6H5N3O2.C5H8N4/c10-5-4-3(1-2-7-4)8-6(11)9-5;1-3-2-8-5(7)9-4(3)6/h2H,1H2,(H2,8,9,10,11);2H,1H3,(H4,6,7,8,9). The quantitative estimate of drug-likeness (QED) is 0.496. The van der Waals surface area contributed by atoms with Crippen molar-refractivity contribution in [3.05, 3.63) is 38.3 Å². The number of aromatic amines is 2. The molecular formula is C11H13N7O2. The predicted octanol–water partition coefficient (Wildman–Crippen LogP) is -0.729. The van der Waals surface area contributed by atoms with Gasteiger partial charge < -0.3 is 16.5 Å². The number of nitrogens with zero attached hydrogens (tertiary/aromatic N) is 3. The predicted molar refractivity (Wildman–Crippen MR) is 75.1 cm³/mol. The van der Waals surface area contributed by atoms with Gasteiger partial charge in [-0.15, -0.1) is 0 Å². The number of hydrogen-bond donors (Lipinski definition) is 4. The fourth-order valence-electron chi connectivity index (χ4n) is 1.51. The van der Waals surface area contributed by atoms with Crippen LogP contribution in [0.4, 0.5) is 17.5 Å². The maximum atomic E-state index is 10.9. The minimum atomic E-state index is -0.473. The average molecular weight is 275 g/mol. The van der Waals surface area contributed by atoms with Crippen molar-refractivity contribution in [2.75, 3.05) is 11.5 Å². The summed E-state index contributed by atoms with van der Waals surface area (Å²) in [6, 6.07) is 0. The van der Waals surface area contributed by atoms with Crippen molar-refractivity contribution in [2.45, 2.75) is 13.3 Å². The van der Waals surface area contributed by atoms with E-state index in [9.17, 15) is 9.59 Å². The molecule has 2 aromatic heterocycles. The maximum absolute atomic E-state index is 10.9. The number of nitrogens with one attached hydrogen (secondary N) is 2. The highest BCUT2D eigenvalue weighted by Crippen LogP contribution is 2.13. The number of hydrogen-bond acceptors (Lipinski definition) is 7. The lowest BCUT2D eigenvalue weighted by molar-refractivity contribution is 0.992. The van der Waals surface area contributed by atoms with E-state index in [-0.39, 0.29) is 5.95 Å². The van der Waals surface area contributed by atoms with Crippen LogP contribution in [-0.4, -0.2) is 26.2 Å². The van der Waals surface area contributed by atoms with Crippen LogP contribution in [0, 0.1) is 6.92 Å². The molecule has 104 valence electrons. The Kier molecular flexibility index (Phi) is 3.60. The highest BCUT2D eigenvalue weighted by Gasteiger charge is 2.10. The Morgan fingerprint density at radius 3 is 2.65 bits per heavy atom. The van der Waals surface area contributed by atoms with E-state index in [1.807, 2.05) is 6.92 Å². The minimum Gasteiger partial charge on any atom is -0.383 e. The monoisotopic (exact) mass is 275 g/mol. The lowest BCUT2D eigenvalue weighted by Crippen LogP contribution is -2.22. The van der Waals surface area contributed by atoms with Crippen LogP contribution in [0.2, 0.25) is 0 Å². The van der Waals surface area contributed by atoms with E-state index in [1.165, 1.54) is 0 Å². The van der Waals surface area contributed by atoms with Gasteiger partial charge in [0, 0.05) is 24.4 Å². The number of aromatic nitrogens is 4. The first kappa shape index (κ1) is 13.5. The lowest BCUT2D eigenvalue weighted by atomic mass is 10.3. The molecule has 1 aliphatic rings. The zero-order valence-electron chi connectivity index (χ0n) is 10.7. The molecule has 0 aliphatic carbocycles. The number of nitrogens with two attached hydrogens (primary N) is 2. The summed E-state index contributed by atoms with van der Waals surface area (Å²) in [5.41, 5.74) is 11.5. The van der Waals surface area contributed by atoms with Gasteiger partial charge in [0.15, 0.2) is 0 Å². The van der Waals surface area contributed by atoms with Crippen LogP contribution in [0.15, 0.2) is 20.8 Å². The molecule has 0 bridgehead atoms. The maximum Gasteiger partial charge on any atom is 0.326 e. The van der Waals surface area contributed by atoms with Crippen molar-refractivity contribution in [1.29, 1.82) is 0 Å². The third kappa shape index (κ3) is 2.88. The molecule has 0 radical (unpaired) electrons. The Bertz CT molecular complexity index is 775. The molecule has 0 spiro atoms. The summed E-state index contributed by atoms with van der Waals surface area (Å²) in [4.78, 5) is 37.5. The lowest BCUT2D eigenvalue weighted by Gasteiger charge is -1.96. The highest BCUT2D eigenvalue weighted by atomic mass is 16.2. The summed E-state index contributed by atoms with van der Waals surface area (Å²) in [7, 11) is 0. The first-order valence-corrected chi connectivity index (χ1v) is 5.70. The van der Waals surface area contributed by atoms with Gasteiger partial charge in [0.1, 0.15) is 11.5 Å². The normalized spacial score (nSPS) is 11.7. The van der Waals surface area contributed by atoms with Gasteiger partial charge in [0.05, 0.1) is 5.69 Å². The van der Waals surface area contributed by atoms with Crippen LogP contribution in [0.25, 0.3) is 0 Å². The van der Waals surface area contributed by atoms with Gasteiger partial charge in [-0.25, -0.2) is 9.78 Å². The zero-order chi connectivity index (χ0) is 14.7. The number of nitrogen functional groups attached to an aromatic ring is 2. The second-order valence-electron chi connectivity index (χ2n) is 4.05. The molecule has 0 saturated carbocycles. The molecule has 0 fully saturated rings. The van der Waals surface area contributed by atoms with Gasteiger partial charge in [-0.2, -0.15) is 4.98 Å². The molecule has 0 unspecified atom stereocenters. The number of aryl methyl sites for hydroxylation is 1. The van der Waals surface area contributed by atoms with Gasteiger partial charge in [-0.1, -0.05) is 0 Å². The van der Waals surface area contributed by atoms with Crippen molar-refractivity contribution >= 4 is 23.7 Å². The molecule has 9 nitrogen and oxygen atoms in total. The number of anilines is 2. The Hall–Kier alpha value is -2.97. The van der Waals surface area contributed by atoms with Crippen molar-refractivity contribution in [1.82, 2.24) is 19.9 Å². The summed E-state index contributed by atoms with van der Waals surface area (Å²) in [6.07, 6.45) is 3.72. The molecule has 3 heterocycles. The third-order valence-corrected chi connectivity index (χ3v) is 2.54. The van der Waals surface area contributed by atoms with E-state index in [1.54, 1.807) is 12.4 Å². The van der Waals surface area contributed by atoms with E-state index in [0.717, 1.165) is 5.56 Å². The fourth-order valence-corrected chi connectivity index (χ4v) is 1.51. The van der Waals surface area contributed by atoms with Crippen molar-refractivity contribution < 1.29 is 0 Å². The van der Waals surface area contributed by atoms with E-state index < -0.39 is 11.2 Å². The highest BCUT2D eigenvalue weighted by molar-refractivity contribution is 5.73. The molecule has 2 aromatic rings. The molecular weight excluding hydrogens is 262 g/mol. The Balaban J connectivity index is 0.000000151. The molecule has 9 heteroatoms. The molecule has 0 atom stereocenters. The molecule has 1 aliphatic heterocycles. The topological polar surface area (TPSA) is 156 Å². The van der Waals surface area contributed by atoms with E-state index in [2.05, 4.69) is 24.9 Å². The van der Waals surface area contributed by atoms with Gasteiger partial charge >= 0.3 is 5.69 Å². The van der Waals surface area contributed by atoms with Crippen LogP contribution in [0.5, 0.6) is 0 Å². The summed E-state index contributed by atoms with van der Waals surface area (Å²) < 4.78 is 0. The summed E-state index contributed by atoms with van der Waals surface area (Å²) in [5.74, 6) is 0.667. The third-order valence-electron chi connectivity index (χ3n) is 2.54. The van der Waals surface area contributed by atoms with Gasteiger partial charge in [-0.3, -0.25) is 14.8 Å². The number of H-pyrrole nitrogens is 2. The van der Waals surface area contributed by atoms with Crippen LogP contribution >= 0.6 is 0 Å². The number of rotatable bonds is 0. The van der Waals surface area contributed by atoms with Gasteiger partial charge in [0.2, 0.25) is 5.95 Å². The Labute approximate surface area is 112 Å². The van der Waals surface area contributed by atoms with Crippen molar-refractivity contribution in [2.24, 2.45) is 4.99 Å². The Morgan fingerprint density at radius 2 is 2.00 bits per heavy atom. The zero-order valence-corrected chi connectivity index (χ0v) is 10.7. The first-order valence-electron chi connectivity index (χ1n) is 5.70. The average Bonchev–Trinajstić information content (AvgIpc) is 2.83. The van der Waals surface area contributed by atoms with Crippen LogP contribution in [0.1, 0.15) is 11.3 Å². The second-order valence-corrected chi connectivity index (χ2v) is 4.05. The molecule has 3 rings (SSSR count). The van der Waals surface area contributed by atoms with Gasteiger partial charge in [-0.05, 0) is 6.92 Å². The molecule has 0 aromatic carbocycles. The van der Waals surface area contributed by atoms with E-state index in [0.29, 0.717) is 23.6 Å². The molecule has 20 heavy (non-hydrogen) atoms. The minimum absolute atomic E-state index is 0.220. The largest absolute Gasteiger partial charge is 0.383 e. The summed E-state index contributed by atoms with van der Waals surface area (Å²) in [5, 5.41) is 0. The molecule has 0 saturated heterocycles. The van der Waals surface area contributed by atoms with Gasteiger partial charge in [0.25, 0.3) is 5.56 Å². The summed E-state index contributed by atoms with van der Waals surface area (Å²) >= 11 is 0. The van der Waals surface area contributed by atoms with Crippen LogP contribution < -0.4 is 22.7 Å². The van der Waals surface area contributed by atoms with Crippen LogP contribution in [0.3, 0.4) is 0 Å². The first-order chi connectivity index (χ1) is 9.47. The second kappa shape index (κ2) is 5.34. The fraction of sp³-hybridized carbons (Fsp3) is 0.182. The smallest absolute Gasteiger partial charge is 0.326 e. The Morgan fingerprint density at radius 1 is 1.25 bits per heavy atom. The SMILES string of the molecule is Cc1cnc(N)nc1N.O=c1[nH]c2c(c(=O)[nH]1)N=CC2. The number of fused-ring (bicyclic) bond motifs is 1. The van der Waals surface area contributed by atoms with Crippen molar-refractivity contribution in [3.8, 4) is 0 Å². The number of aliphatic imine (C=N–C) groups is 1. The molecule has 0 amide bonds. The van der Waals surface area contributed by atoms with E-state index in [4.69, 9.17) is 11.5 Å². The van der Waals surface area contributed by atoms with E-state index >= 15 is 0 Å². The molecule has 6 N–H and O–H groups in total. The summed E-state index contributed by atoms with van der Waals surface area (Å²) in [6.45, 7) is 1.83. The van der Waals surface area contributed by atoms with Crippen molar-refractivity contribution in [3.63, 3.8) is 0 Å². The van der Waals surface area contributed by atoms with Crippen LogP contribution in [-0.2, 0) is 6.42 Å².